The zero-order chi connectivity index (χ0) is 23.7. The fraction of sp³-hybridized carbons (Fsp3) is 0. The Morgan fingerprint density at radius 3 is 1.19 bits per heavy atom. The van der Waals surface area contributed by atoms with E-state index in [9.17, 15) is 9.59 Å². The minimum Gasteiger partial charge on any atom is -0.422 e. The second-order valence-corrected chi connectivity index (χ2v) is 11.0. The Kier molecular flexibility index (Phi) is 9.00. The normalized spacial score (nSPS) is 10.8. The molecule has 0 N–H and O–H groups in total. The summed E-state index contributed by atoms with van der Waals surface area (Å²) in [6.45, 7) is 0. The lowest BCUT2D eigenvalue weighted by Crippen LogP contribution is -2.15. The summed E-state index contributed by atoms with van der Waals surface area (Å²) >= 11 is 38.3. The molecule has 0 aliphatic heterocycles. The first kappa shape index (κ1) is 26.3. The average Bonchev–Trinajstić information content (AvgIpc) is 2.71. The Hall–Kier alpha value is -0.320. The number of carbonyl (C=O) groups is 2. The van der Waals surface area contributed by atoms with Gasteiger partial charge in [0, 0.05) is 8.95 Å². The van der Waals surface area contributed by atoms with Gasteiger partial charge in [-0.25, -0.2) is 9.59 Å². The summed E-state index contributed by atoms with van der Waals surface area (Å²) in [5.41, 5.74) is -0.584. The third kappa shape index (κ3) is 5.66. The van der Waals surface area contributed by atoms with E-state index in [-0.39, 0.29) is 42.7 Å². The summed E-state index contributed by atoms with van der Waals surface area (Å²) in [7, 11) is 0. The van der Waals surface area contributed by atoms with Gasteiger partial charge in [0.05, 0.1) is 29.0 Å². The van der Waals surface area contributed by atoms with Crippen LogP contribution >= 0.6 is 110 Å². The van der Waals surface area contributed by atoms with E-state index in [1.54, 1.807) is 36.4 Å². The van der Waals surface area contributed by atoms with Gasteiger partial charge in [-0.2, -0.15) is 0 Å². The summed E-state index contributed by atoms with van der Waals surface area (Å²) in [6, 6.07) is 9.83. The lowest BCUT2D eigenvalue weighted by Gasteiger charge is -2.15. The van der Waals surface area contributed by atoms with E-state index in [1.165, 1.54) is 0 Å². The summed E-state index contributed by atoms with van der Waals surface area (Å²) < 4.78 is 13.3. The van der Waals surface area contributed by atoms with Crippen molar-refractivity contribution in [2.75, 3.05) is 0 Å². The zero-order valence-electron chi connectivity index (χ0n) is 15.1. The van der Waals surface area contributed by atoms with Gasteiger partial charge >= 0.3 is 11.9 Å². The van der Waals surface area contributed by atoms with Crippen LogP contribution in [0.5, 0.6) is 11.5 Å². The van der Waals surface area contributed by atoms with Gasteiger partial charge in [0.1, 0.15) is 22.6 Å². The molecule has 0 aliphatic rings. The van der Waals surface area contributed by atoms with Crippen LogP contribution < -0.4 is 9.47 Å². The minimum atomic E-state index is -0.914. The lowest BCUT2D eigenvalue weighted by atomic mass is 10.1. The number of esters is 2. The molecule has 0 saturated carbocycles. The number of hydrogen-bond acceptors (Lipinski definition) is 4. The van der Waals surface area contributed by atoms with E-state index in [4.69, 9.17) is 55.9 Å². The fourth-order valence-electron chi connectivity index (χ4n) is 2.41. The molecule has 0 bridgehead atoms. The Morgan fingerprint density at radius 2 is 0.906 bits per heavy atom. The molecule has 0 atom stereocenters. The molecule has 0 fully saturated rings. The third-order valence-corrected chi connectivity index (χ3v) is 7.80. The maximum absolute atomic E-state index is 12.8. The van der Waals surface area contributed by atoms with E-state index in [0.717, 1.165) is 8.95 Å². The predicted molar refractivity (Wildman–Crippen MR) is 140 cm³/mol. The van der Waals surface area contributed by atoms with E-state index in [0.29, 0.717) is 8.95 Å². The van der Waals surface area contributed by atoms with Gasteiger partial charge in [-0.15, -0.1) is 0 Å². The topological polar surface area (TPSA) is 52.6 Å². The van der Waals surface area contributed by atoms with Crippen molar-refractivity contribution < 1.29 is 19.1 Å². The fourth-order valence-corrected chi connectivity index (χ4v) is 5.83. The predicted octanol–water partition coefficient (Wildman–Crippen LogP) is 9.79. The van der Waals surface area contributed by atoms with Crippen LogP contribution in [0.4, 0.5) is 0 Å². The van der Waals surface area contributed by atoms with Gasteiger partial charge in [-0.1, -0.05) is 78.3 Å². The Bertz CT molecular complexity index is 1140. The molecule has 0 aliphatic carbocycles. The van der Waals surface area contributed by atoms with Crippen LogP contribution in [0.15, 0.2) is 54.3 Å². The van der Waals surface area contributed by atoms with Crippen molar-refractivity contribution in [1.29, 1.82) is 0 Å². The number of rotatable bonds is 4. The molecular weight excluding hydrogens is 766 g/mol. The molecule has 0 amide bonds. The van der Waals surface area contributed by atoms with Crippen LogP contribution in [-0.2, 0) is 0 Å². The Balaban J connectivity index is 1.98. The van der Waals surface area contributed by atoms with Crippen LogP contribution in [0, 0.1) is 0 Å². The van der Waals surface area contributed by atoms with Crippen molar-refractivity contribution in [3.63, 3.8) is 0 Å². The first-order chi connectivity index (χ1) is 15.0. The van der Waals surface area contributed by atoms with E-state index in [2.05, 4.69) is 63.7 Å². The van der Waals surface area contributed by atoms with Crippen LogP contribution in [-0.4, -0.2) is 11.9 Å². The number of hydrogen-bond donors (Lipinski definition) is 0. The number of ether oxygens (including phenoxy) is 2. The van der Waals surface area contributed by atoms with Crippen molar-refractivity contribution in [1.82, 2.24) is 0 Å². The van der Waals surface area contributed by atoms with Gasteiger partial charge < -0.3 is 9.47 Å². The number of carbonyl (C=O) groups excluding carboxylic acids is 2. The molecule has 0 saturated heterocycles. The second-order valence-electron chi connectivity index (χ2n) is 5.93. The smallest absolute Gasteiger partial charge is 0.346 e. The summed E-state index contributed by atoms with van der Waals surface area (Å²) in [4.78, 5) is 25.6. The van der Waals surface area contributed by atoms with E-state index in [1.807, 2.05) is 0 Å². The highest BCUT2D eigenvalue weighted by atomic mass is 79.9. The Morgan fingerprint density at radius 1 is 0.594 bits per heavy atom. The third-order valence-electron chi connectivity index (χ3n) is 3.86. The minimum absolute atomic E-state index is 0.209. The van der Waals surface area contributed by atoms with Crippen molar-refractivity contribution in [3.05, 3.63) is 85.5 Å². The monoisotopic (exact) mass is 766 g/mol. The van der Waals surface area contributed by atoms with Crippen LogP contribution in [0.1, 0.15) is 20.7 Å². The first-order valence-electron chi connectivity index (χ1n) is 8.21. The quantitative estimate of drug-likeness (QED) is 0.151. The van der Waals surface area contributed by atoms with Crippen LogP contribution in [0.2, 0.25) is 20.1 Å². The molecule has 3 aromatic rings. The molecule has 0 unspecified atom stereocenters. The summed E-state index contributed by atoms with van der Waals surface area (Å²) in [5, 5.41) is -1.22. The maximum Gasteiger partial charge on any atom is 0.346 e. The Labute approximate surface area is 236 Å². The highest BCUT2D eigenvalue weighted by Gasteiger charge is 2.30. The van der Waals surface area contributed by atoms with Crippen molar-refractivity contribution in [2.45, 2.75) is 0 Å². The van der Waals surface area contributed by atoms with Crippen molar-refractivity contribution in [3.8, 4) is 11.5 Å². The van der Waals surface area contributed by atoms with Gasteiger partial charge in [0.15, 0.2) is 0 Å². The standard InChI is InChI=1S/C20H6Br4Cl4O4/c21-7-1-3-11(9(23)5-7)31-19(29)13-15(25)17(27)14(18(28)16(13)26)20(30)32-12-4-2-8(22)6-10(12)24/h1-6H. The second kappa shape index (κ2) is 11.0. The van der Waals surface area contributed by atoms with Crippen LogP contribution in [0.25, 0.3) is 0 Å². The largest absolute Gasteiger partial charge is 0.422 e. The molecule has 4 nitrogen and oxygen atoms in total. The zero-order valence-corrected chi connectivity index (χ0v) is 24.5. The molecular formula is C20H6Br4Cl4O4. The van der Waals surface area contributed by atoms with Gasteiger partial charge in [-0.3, -0.25) is 0 Å². The van der Waals surface area contributed by atoms with E-state index >= 15 is 0 Å². The molecule has 3 rings (SSSR count). The molecule has 0 spiro atoms. The molecule has 3 aromatic carbocycles. The highest BCUT2D eigenvalue weighted by Crippen LogP contribution is 2.43. The molecule has 12 heteroatoms. The number of benzene rings is 3. The lowest BCUT2D eigenvalue weighted by molar-refractivity contribution is 0.0719. The number of halogens is 8. The first-order valence-corrected chi connectivity index (χ1v) is 12.9. The van der Waals surface area contributed by atoms with Gasteiger partial charge in [-0.05, 0) is 68.3 Å². The maximum atomic E-state index is 12.8. The summed E-state index contributed by atoms with van der Waals surface area (Å²) in [5.74, 6) is -1.41. The SMILES string of the molecule is O=C(Oc1ccc(Br)cc1Br)c1c(Cl)c(Cl)c(C(=O)Oc2ccc(Br)cc2Br)c(Cl)c1Cl. The average molecular weight is 772 g/mol. The van der Waals surface area contributed by atoms with Crippen molar-refractivity contribution >= 4 is 122 Å². The molecule has 0 heterocycles. The molecule has 32 heavy (non-hydrogen) atoms. The van der Waals surface area contributed by atoms with E-state index < -0.39 is 11.9 Å². The molecule has 0 aromatic heterocycles. The van der Waals surface area contributed by atoms with Crippen LogP contribution in [0.3, 0.4) is 0 Å². The van der Waals surface area contributed by atoms with Gasteiger partial charge in [0.2, 0.25) is 0 Å². The summed E-state index contributed by atoms with van der Waals surface area (Å²) in [6.07, 6.45) is 0. The van der Waals surface area contributed by atoms with Gasteiger partial charge in [0.25, 0.3) is 0 Å². The molecule has 0 radical (unpaired) electrons. The van der Waals surface area contributed by atoms with Crippen molar-refractivity contribution in [2.24, 2.45) is 0 Å². The highest BCUT2D eigenvalue weighted by molar-refractivity contribution is 9.11. The molecule has 166 valence electrons.